The summed E-state index contributed by atoms with van der Waals surface area (Å²) in [6, 6.07) is 25.0. The average Bonchev–Trinajstić information content (AvgIpc) is 3.29. The minimum absolute atomic E-state index is 0.293. The molecule has 3 aromatic carbocycles. The Kier molecular flexibility index (Phi) is 8.01. The monoisotopic (exact) mass is 470 g/mol. The Balaban J connectivity index is 1.46. The van der Waals surface area contributed by atoms with E-state index in [0.29, 0.717) is 24.9 Å². The van der Waals surface area contributed by atoms with Crippen LogP contribution in [0.5, 0.6) is 11.5 Å². The largest absolute Gasteiger partial charge is 0.494 e. The van der Waals surface area contributed by atoms with E-state index in [2.05, 4.69) is 32.7 Å². The van der Waals surface area contributed by atoms with Crippen LogP contribution in [0.15, 0.2) is 90.1 Å². The second-order valence-corrected chi connectivity index (χ2v) is 7.98. The number of guanidine groups is 1. The van der Waals surface area contributed by atoms with Gasteiger partial charge in [0.2, 0.25) is 5.96 Å². The molecule has 7 heteroatoms. The Hall–Kier alpha value is -4.26. The maximum Gasteiger partial charge on any atom is 0.267 e. The summed E-state index contributed by atoms with van der Waals surface area (Å²) in [6.07, 6.45) is 2.04. The normalized spacial score (nSPS) is 12.2. The van der Waals surface area contributed by atoms with Crippen LogP contribution in [0, 0.1) is 0 Å². The number of rotatable bonds is 9. The third-order valence-electron chi connectivity index (χ3n) is 5.42. The van der Waals surface area contributed by atoms with Gasteiger partial charge in [-0.25, -0.2) is 0 Å². The summed E-state index contributed by atoms with van der Waals surface area (Å²) in [5, 5.41) is 7.27. The van der Waals surface area contributed by atoms with Gasteiger partial charge in [0.25, 0.3) is 5.91 Å². The van der Waals surface area contributed by atoms with Crippen LogP contribution in [0.1, 0.15) is 19.4 Å². The minimum atomic E-state index is -0.696. The average molecular weight is 471 g/mol. The van der Waals surface area contributed by atoms with Crippen LogP contribution >= 0.6 is 0 Å². The third kappa shape index (κ3) is 6.63. The van der Waals surface area contributed by atoms with E-state index in [-0.39, 0.29) is 5.91 Å². The number of amides is 1. The second kappa shape index (κ2) is 11.7. The van der Waals surface area contributed by atoms with Crippen molar-refractivity contribution in [1.82, 2.24) is 10.3 Å². The van der Waals surface area contributed by atoms with Gasteiger partial charge in [0, 0.05) is 29.3 Å². The van der Waals surface area contributed by atoms with Crippen LogP contribution in [0.25, 0.3) is 10.9 Å². The molecular weight excluding hydrogens is 440 g/mol. The van der Waals surface area contributed by atoms with E-state index in [1.54, 1.807) is 6.92 Å². The predicted octanol–water partition coefficient (Wildman–Crippen LogP) is 5.16. The zero-order chi connectivity index (χ0) is 24.5. The lowest BCUT2D eigenvalue weighted by molar-refractivity contribution is -0.125. The number of carbonyl (C=O) groups excluding carboxylic acids is 1. The molecule has 1 unspecified atom stereocenters. The van der Waals surface area contributed by atoms with Crippen LogP contribution in [0.2, 0.25) is 0 Å². The van der Waals surface area contributed by atoms with Gasteiger partial charge >= 0.3 is 0 Å². The van der Waals surface area contributed by atoms with Crippen molar-refractivity contribution >= 4 is 28.5 Å². The van der Waals surface area contributed by atoms with Gasteiger partial charge < -0.3 is 19.8 Å². The molecule has 1 atom stereocenters. The molecule has 0 aliphatic carbocycles. The number of nitrogens with one attached hydrogen (secondary N) is 3. The number of para-hydroxylation sites is 2. The molecule has 4 aromatic rings. The van der Waals surface area contributed by atoms with Crippen molar-refractivity contribution in [1.29, 1.82) is 0 Å². The number of carbonyl (C=O) groups is 1. The fourth-order valence-electron chi connectivity index (χ4n) is 3.65. The van der Waals surface area contributed by atoms with Crippen molar-refractivity contribution < 1.29 is 14.3 Å². The second-order valence-electron chi connectivity index (χ2n) is 7.98. The van der Waals surface area contributed by atoms with Gasteiger partial charge in [0.05, 0.1) is 6.61 Å². The number of fused-ring (bicyclic) bond motifs is 1. The standard InChI is InChI=1S/C28H30N4O3/c1-3-34-23-15-13-22(14-16-23)31-28(32-27(33)20(2)35-24-9-5-4-6-10-24)29-18-17-21-19-30-26-12-8-7-11-25(21)26/h4-16,19-20,30H,3,17-18H2,1-2H3,(H2,29,31,32,33). The Labute approximate surface area is 205 Å². The number of aromatic amines is 1. The molecule has 1 amide bonds. The topological polar surface area (TPSA) is 87.7 Å². The third-order valence-corrected chi connectivity index (χ3v) is 5.42. The number of anilines is 1. The number of H-pyrrole nitrogens is 1. The van der Waals surface area contributed by atoms with Crippen LogP contribution in [-0.2, 0) is 11.2 Å². The first kappa shape index (κ1) is 23.9. The summed E-state index contributed by atoms with van der Waals surface area (Å²) < 4.78 is 11.3. The molecule has 0 fully saturated rings. The summed E-state index contributed by atoms with van der Waals surface area (Å²) in [4.78, 5) is 20.8. The smallest absolute Gasteiger partial charge is 0.267 e. The summed E-state index contributed by atoms with van der Waals surface area (Å²) >= 11 is 0. The zero-order valence-electron chi connectivity index (χ0n) is 20.0. The number of hydrogen-bond donors (Lipinski definition) is 3. The molecule has 0 spiro atoms. The quantitative estimate of drug-likeness (QED) is 0.233. The summed E-state index contributed by atoms with van der Waals surface area (Å²) in [6.45, 7) is 4.75. The van der Waals surface area contributed by atoms with Gasteiger partial charge in [-0.1, -0.05) is 36.4 Å². The van der Waals surface area contributed by atoms with Gasteiger partial charge in [-0.2, -0.15) is 0 Å². The molecule has 0 aliphatic heterocycles. The SMILES string of the molecule is CCOc1ccc(NC(=NCCc2c[nH]c3ccccc23)NC(=O)C(C)Oc2ccccc2)cc1. The Morgan fingerprint density at radius 3 is 2.49 bits per heavy atom. The fourth-order valence-corrected chi connectivity index (χ4v) is 3.65. The van der Waals surface area contributed by atoms with Crippen LogP contribution in [0.3, 0.4) is 0 Å². The lowest BCUT2D eigenvalue weighted by Gasteiger charge is -2.17. The first-order valence-electron chi connectivity index (χ1n) is 11.7. The number of nitrogens with zero attached hydrogens (tertiary/aromatic N) is 1. The Morgan fingerprint density at radius 1 is 0.971 bits per heavy atom. The molecule has 180 valence electrons. The molecule has 35 heavy (non-hydrogen) atoms. The highest BCUT2D eigenvalue weighted by Gasteiger charge is 2.17. The van der Waals surface area contributed by atoms with E-state index >= 15 is 0 Å². The van der Waals surface area contributed by atoms with Crippen molar-refractivity contribution in [3.05, 3.63) is 90.6 Å². The van der Waals surface area contributed by atoms with Crippen LogP contribution in [-0.4, -0.2) is 36.1 Å². The van der Waals surface area contributed by atoms with E-state index in [1.165, 1.54) is 10.9 Å². The lowest BCUT2D eigenvalue weighted by atomic mass is 10.1. The molecule has 0 bridgehead atoms. The van der Waals surface area contributed by atoms with Gasteiger partial charge in [0.1, 0.15) is 11.5 Å². The molecule has 0 saturated heterocycles. The van der Waals surface area contributed by atoms with E-state index in [9.17, 15) is 4.79 Å². The zero-order valence-corrected chi connectivity index (χ0v) is 20.0. The van der Waals surface area contributed by atoms with Gasteiger partial charge in [-0.05, 0) is 68.3 Å². The molecule has 3 N–H and O–H groups in total. The van der Waals surface area contributed by atoms with Gasteiger partial charge in [-0.15, -0.1) is 0 Å². The molecule has 0 saturated carbocycles. The number of benzene rings is 3. The molecule has 4 rings (SSSR count). The van der Waals surface area contributed by atoms with Crippen molar-refractivity contribution in [3.8, 4) is 11.5 Å². The van der Waals surface area contributed by atoms with Gasteiger partial charge in [0.15, 0.2) is 6.10 Å². The van der Waals surface area contributed by atoms with E-state index in [0.717, 1.165) is 23.4 Å². The maximum absolute atomic E-state index is 12.9. The van der Waals surface area contributed by atoms with Crippen molar-refractivity contribution in [2.75, 3.05) is 18.5 Å². The van der Waals surface area contributed by atoms with Crippen LogP contribution in [0.4, 0.5) is 5.69 Å². The van der Waals surface area contributed by atoms with E-state index < -0.39 is 6.10 Å². The van der Waals surface area contributed by atoms with Crippen molar-refractivity contribution in [2.24, 2.45) is 4.99 Å². The molecule has 0 aliphatic rings. The van der Waals surface area contributed by atoms with Gasteiger partial charge in [-0.3, -0.25) is 15.1 Å². The molecule has 7 nitrogen and oxygen atoms in total. The Bertz CT molecular complexity index is 1270. The van der Waals surface area contributed by atoms with E-state index in [4.69, 9.17) is 9.47 Å². The predicted molar refractivity (Wildman–Crippen MR) is 140 cm³/mol. The number of aliphatic imine (C=N–C) groups is 1. The number of aromatic nitrogens is 1. The molecule has 0 radical (unpaired) electrons. The first-order chi connectivity index (χ1) is 17.1. The highest BCUT2D eigenvalue weighted by atomic mass is 16.5. The van der Waals surface area contributed by atoms with Crippen molar-refractivity contribution in [2.45, 2.75) is 26.4 Å². The lowest BCUT2D eigenvalue weighted by Crippen LogP contribution is -2.43. The summed E-state index contributed by atoms with van der Waals surface area (Å²) in [5.74, 6) is 1.48. The Morgan fingerprint density at radius 2 is 1.71 bits per heavy atom. The molecule has 1 heterocycles. The highest BCUT2D eigenvalue weighted by Crippen LogP contribution is 2.18. The summed E-state index contributed by atoms with van der Waals surface area (Å²) in [5.41, 5.74) is 3.06. The van der Waals surface area contributed by atoms with E-state index in [1.807, 2.05) is 79.9 Å². The maximum atomic E-state index is 12.9. The fraction of sp³-hybridized carbons (Fsp3) is 0.214. The number of hydrogen-bond acceptors (Lipinski definition) is 4. The molecular formula is C28H30N4O3. The number of ether oxygens (including phenoxy) is 2. The molecule has 1 aromatic heterocycles. The van der Waals surface area contributed by atoms with Crippen LogP contribution < -0.4 is 20.1 Å². The minimum Gasteiger partial charge on any atom is -0.494 e. The first-order valence-corrected chi connectivity index (χ1v) is 11.7. The van der Waals surface area contributed by atoms with Crippen molar-refractivity contribution in [3.63, 3.8) is 0 Å². The summed E-state index contributed by atoms with van der Waals surface area (Å²) in [7, 11) is 0. The highest BCUT2D eigenvalue weighted by molar-refractivity contribution is 6.05.